The molecule has 0 atom stereocenters. The molecule has 0 radical (unpaired) electrons. The minimum Gasteiger partial charge on any atom is -0.267 e. The highest BCUT2D eigenvalue weighted by molar-refractivity contribution is 5.80. The van der Waals surface area contributed by atoms with Gasteiger partial charge in [-0.05, 0) is 12.1 Å². The van der Waals surface area contributed by atoms with Gasteiger partial charge in [-0.3, -0.25) is 19.8 Å². The lowest BCUT2D eigenvalue weighted by Crippen LogP contribution is -2.19. The first-order valence-corrected chi connectivity index (χ1v) is 3.69. The predicted octanol–water partition coefficient (Wildman–Crippen LogP) is 0.495. The predicted molar refractivity (Wildman–Crippen MR) is 45.1 cm³/mol. The fraction of sp³-hybridized carbons (Fsp3) is 0. The number of benzene rings is 1. The van der Waals surface area contributed by atoms with Gasteiger partial charge in [0.25, 0.3) is 11.1 Å². The SMILES string of the molecule is O=c1[nH][nH]c(=O)c2cc(F)c(F)cc12. The maximum atomic E-state index is 12.7. The molecular formula is C8H4F2N2O2. The monoisotopic (exact) mass is 198 g/mol. The van der Waals surface area contributed by atoms with E-state index in [1.54, 1.807) is 0 Å². The lowest BCUT2D eigenvalue weighted by Gasteiger charge is -1.96. The van der Waals surface area contributed by atoms with E-state index in [-0.39, 0.29) is 10.8 Å². The van der Waals surface area contributed by atoms with Gasteiger partial charge >= 0.3 is 0 Å². The maximum Gasteiger partial charge on any atom is 0.270 e. The van der Waals surface area contributed by atoms with Crippen LogP contribution in [-0.4, -0.2) is 10.2 Å². The number of hydrogen-bond acceptors (Lipinski definition) is 2. The number of nitrogens with one attached hydrogen (secondary N) is 2. The smallest absolute Gasteiger partial charge is 0.267 e. The first kappa shape index (κ1) is 8.61. The molecule has 2 rings (SSSR count). The molecule has 72 valence electrons. The molecular weight excluding hydrogens is 194 g/mol. The van der Waals surface area contributed by atoms with Gasteiger partial charge < -0.3 is 0 Å². The van der Waals surface area contributed by atoms with Gasteiger partial charge in [0.1, 0.15) is 0 Å². The number of halogens is 2. The van der Waals surface area contributed by atoms with Gasteiger partial charge in [-0.2, -0.15) is 0 Å². The quantitative estimate of drug-likeness (QED) is 0.647. The lowest BCUT2D eigenvalue weighted by atomic mass is 10.2. The molecule has 1 aromatic heterocycles. The summed E-state index contributed by atoms with van der Waals surface area (Å²) in [6.45, 7) is 0. The van der Waals surface area contributed by atoms with Crippen molar-refractivity contribution in [1.29, 1.82) is 0 Å². The molecule has 0 bridgehead atoms. The third-order valence-electron chi connectivity index (χ3n) is 1.84. The van der Waals surface area contributed by atoms with Crippen molar-refractivity contribution in [3.63, 3.8) is 0 Å². The normalized spacial score (nSPS) is 10.7. The standard InChI is InChI=1S/C8H4F2N2O2/c9-5-1-3-4(2-6(5)10)8(14)12-11-7(3)13/h1-2H,(H,11,13)(H,12,14). The van der Waals surface area contributed by atoms with Crippen molar-refractivity contribution >= 4 is 10.8 Å². The molecule has 1 aromatic carbocycles. The van der Waals surface area contributed by atoms with E-state index in [4.69, 9.17) is 0 Å². The van der Waals surface area contributed by atoms with Gasteiger partial charge in [0.2, 0.25) is 0 Å². The van der Waals surface area contributed by atoms with E-state index in [1.807, 2.05) is 10.2 Å². The summed E-state index contributed by atoms with van der Waals surface area (Å²) in [5.74, 6) is -2.32. The van der Waals surface area contributed by atoms with Crippen LogP contribution in [0.4, 0.5) is 8.78 Å². The minimum absolute atomic E-state index is 0.173. The van der Waals surface area contributed by atoms with Crippen molar-refractivity contribution in [2.24, 2.45) is 0 Å². The van der Waals surface area contributed by atoms with Crippen LogP contribution in [0.3, 0.4) is 0 Å². The zero-order valence-corrected chi connectivity index (χ0v) is 6.73. The Morgan fingerprint density at radius 2 is 1.21 bits per heavy atom. The second-order valence-corrected chi connectivity index (χ2v) is 2.72. The second-order valence-electron chi connectivity index (χ2n) is 2.72. The fourth-order valence-electron chi connectivity index (χ4n) is 1.17. The van der Waals surface area contributed by atoms with Crippen LogP contribution in [0.15, 0.2) is 21.7 Å². The molecule has 6 heteroatoms. The summed E-state index contributed by atoms with van der Waals surface area (Å²) in [6.07, 6.45) is 0. The summed E-state index contributed by atoms with van der Waals surface area (Å²) in [4.78, 5) is 22.2. The minimum atomic E-state index is -1.16. The molecule has 14 heavy (non-hydrogen) atoms. The summed E-state index contributed by atoms with van der Waals surface area (Å²) in [7, 11) is 0. The zero-order valence-electron chi connectivity index (χ0n) is 6.73. The first-order valence-electron chi connectivity index (χ1n) is 3.69. The van der Waals surface area contributed by atoms with Crippen molar-refractivity contribution in [3.8, 4) is 0 Å². The van der Waals surface area contributed by atoms with E-state index >= 15 is 0 Å². The Hall–Kier alpha value is -1.98. The Bertz CT molecular complexity index is 560. The van der Waals surface area contributed by atoms with E-state index in [0.29, 0.717) is 12.1 Å². The number of hydrogen-bond donors (Lipinski definition) is 2. The number of rotatable bonds is 0. The van der Waals surface area contributed by atoms with Crippen LogP contribution < -0.4 is 11.1 Å². The number of aromatic amines is 2. The largest absolute Gasteiger partial charge is 0.270 e. The summed E-state index contributed by atoms with van der Waals surface area (Å²) < 4.78 is 25.4. The molecule has 0 saturated heterocycles. The van der Waals surface area contributed by atoms with E-state index in [9.17, 15) is 18.4 Å². The van der Waals surface area contributed by atoms with Crippen LogP contribution in [0, 0.1) is 11.6 Å². The Kier molecular flexibility index (Phi) is 1.70. The van der Waals surface area contributed by atoms with Crippen molar-refractivity contribution < 1.29 is 8.78 Å². The van der Waals surface area contributed by atoms with Crippen LogP contribution in [0.5, 0.6) is 0 Å². The van der Waals surface area contributed by atoms with Gasteiger partial charge in [-0.25, -0.2) is 8.78 Å². The number of aromatic nitrogens is 2. The average Bonchev–Trinajstić information content (AvgIpc) is 2.15. The highest BCUT2D eigenvalue weighted by atomic mass is 19.2. The highest BCUT2D eigenvalue weighted by Crippen LogP contribution is 2.11. The first-order chi connectivity index (χ1) is 6.59. The Morgan fingerprint density at radius 3 is 1.57 bits per heavy atom. The molecule has 0 aliphatic heterocycles. The molecule has 0 aliphatic carbocycles. The average molecular weight is 198 g/mol. The van der Waals surface area contributed by atoms with Crippen molar-refractivity contribution in [1.82, 2.24) is 10.2 Å². The number of fused-ring (bicyclic) bond motifs is 1. The van der Waals surface area contributed by atoms with Gasteiger partial charge in [0, 0.05) is 0 Å². The van der Waals surface area contributed by atoms with Gasteiger partial charge in [0.15, 0.2) is 11.6 Å². The molecule has 2 aromatic rings. The molecule has 4 nitrogen and oxygen atoms in total. The Balaban J connectivity index is 3.10. The van der Waals surface area contributed by atoms with E-state index in [0.717, 1.165) is 0 Å². The van der Waals surface area contributed by atoms with E-state index < -0.39 is 22.8 Å². The van der Waals surface area contributed by atoms with Gasteiger partial charge in [0.05, 0.1) is 10.8 Å². The summed E-state index contributed by atoms with van der Waals surface area (Å²) >= 11 is 0. The van der Waals surface area contributed by atoms with Crippen LogP contribution >= 0.6 is 0 Å². The van der Waals surface area contributed by atoms with Crippen molar-refractivity contribution in [3.05, 3.63) is 44.5 Å². The molecule has 0 amide bonds. The van der Waals surface area contributed by atoms with E-state index in [1.165, 1.54) is 0 Å². The van der Waals surface area contributed by atoms with Crippen LogP contribution in [0.1, 0.15) is 0 Å². The van der Waals surface area contributed by atoms with E-state index in [2.05, 4.69) is 0 Å². The molecule has 1 heterocycles. The molecule has 0 saturated carbocycles. The summed E-state index contributed by atoms with van der Waals surface area (Å²) in [5.41, 5.74) is -1.34. The van der Waals surface area contributed by atoms with Crippen LogP contribution in [-0.2, 0) is 0 Å². The van der Waals surface area contributed by atoms with Crippen molar-refractivity contribution in [2.45, 2.75) is 0 Å². The third kappa shape index (κ3) is 1.12. The highest BCUT2D eigenvalue weighted by Gasteiger charge is 2.08. The Labute approximate surface area is 75.2 Å². The molecule has 0 fully saturated rings. The number of H-pyrrole nitrogens is 2. The maximum absolute atomic E-state index is 12.7. The molecule has 2 N–H and O–H groups in total. The summed E-state index contributed by atoms with van der Waals surface area (Å²) in [6, 6.07) is 1.39. The summed E-state index contributed by atoms with van der Waals surface area (Å²) in [5, 5.41) is 3.67. The van der Waals surface area contributed by atoms with Gasteiger partial charge in [-0.1, -0.05) is 0 Å². The van der Waals surface area contributed by atoms with Crippen LogP contribution in [0.2, 0.25) is 0 Å². The van der Waals surface area contributed by atoms with Crippen molar-refractivity contribution in [2.75, 3.05) is 0 Å². The van der Waals surface area contributed by atoms with Crippen LogP contribution in [0.25, 0.3) is 10.8 Å². The van der Waals surface area contributed by atoms with Gasteiger partial charge in [-0.15, -0.1) is 0 Å². The molecule has 0 unspecified atom stereocenters. The lowest BCUT2D eigenvalue weighted by molar-refractivity contribution is 0.510. The molecule has 0 spiro atoms. The fourth-order valence-corrected chi connectivity index (χ4v) is 1.17. The zero-order chi connectivity index (χ0) is 10.3. The third-order valence-corrected chi connectivity index (χ3v) is 1.84. The molecule has 0 aliphatic rings. The Morgan fingerprint density at radius 1 is 0.857 bits per heavy atom. The topological polar surface area (TPSA) is 65.7 Å². The second kappa shape index (κ2) is 2.76.